The summed E-state index contributed by atoms with van der Waals surface area (Å²) in [6, 6.07) is -0.653. The lowest BCUT2D eigenvalue weighted by molar-refractivity contribution is -0.154. The van der Waals surface area contributed by atoms with Crippen LogP contribution in [0.15, 0.2) is 25.3 Å². The van der Waals surface area contributed by atoms with E-state index >= 15 is 0 Å². The number of nitrogens with zero attached hydrogens (tertiary/aromatic N) is 2. The largest absolute Gasteiger partial charge is 0.465 e. The molecule has 1 spiro atoms. The van der Waals surface area contributed by atoms with Crippen LogP contribution in [0.25, 0.3) is 0 Å². The van der Waals surface area contributed by atoms with E-state index in [1.165, 1.54) is 0 Å². The second-order valence-corrected chi connectivity index (χ2v) is 14.9. The molecule has 3 saturated heterocycles. The summed E-state index contributed by atoms with van der Waals surface area (Å²) in [6.45, 7) is 21.7. The Morgan fingerprint density at radius 3 is 2.46 bits per heavy atom. The van der Waals surface area contributed by atoms with Crippen LogP contribution in [-0.2, 0) is 19.1 Å². The molecule has 220 valence electrons. The molecule has 3 aliphatic rings. The van der Waals surface area contributed by atoms with Crippen LogP contribution in [0, 0.1) is 23.2 Å². The summed E-state index contributed by atoms with van der Waals surface area (Å²) in [7, 11) is 0. The SMILES string of the molecule is C=CCCOC(=O)[C@@H]1[C@H]2C(=O)N(CCCCCO)C(C(=O)N(CC=C)C(C)(C)CC(C)(C)C)C23S[C@@H]1CC3C. The highest BCUT2D eigenvalue weighted by Crippen LogP contribution is 2.69. The van der Waals surface area contributed by atoms with E-state index in [2.05, 4.69) is 54.7 Å². The number of hydrogen-bond acceptors (Lipinski definition) is 6. The first kappa shape index (κ1) is 31.7. The molecule has 3 fully saturated rings. The standard InChI is InChI=1S/C31H50N2O5S/c1-9-11-18-38-28(37)23-22-19-21(3)31(39-22)24(23)26(35)32(16-13-12-14-17-34)25(31)27(36)33(15-10-2)30(7,8)20-29(4,5)6/h9-10,21-25,34H,1-2,11-20H2,3-8H3/t21?,22-,23+,24+,25?,31?/m1/s1. The number of aliphatic hydroxyl groups excluding tert-OH is 1. The molecular formula is C31H50N2O5S. The summed E-state index contributed by atoms with van der Waals surface area (Å²) in [5.41, 5.74) is -0.467. The second kappa shape index (κ2) is 12.4. The highest BCUT2D eigenvalue weighted by Gasteiger charge is 2.76. The first-order valence-electron chi connectivity index (χ1n) is 14.6. The van der Waals surface area contributed by atoms with Crippen LogP contribution >= 0.6 is 11.8 Å². The number of amides is 2. The minimum atomic E-state index is -0.671. The Bertz CT molecular complexity index is 944. The van der Waals surface area contributed by atoms with Gasteiger partial charge in [-0.3, -0.25) is 14.4 Å². The maximum atomic E-state index is 14.8. The second-order valence-electron chi connectivity index (χ2n) is 13.4. The molecule has 7 nitrogen and oxygen atoms in total. The maximum absolute atomic E-state index is 14.8. The van der Waals surface area contributed by atoms with Crippen molar-refractivity contribution in [2.24, 2.45) is 23.2 Å². The van der Waals surface area contributed by atoms with Crippen molar-refractivity contribution in [3.8, 4) is 0 Å². The van der Waals surface area contributed by atoms with Crippen LogP contribution in [0.5, 0.6) is 0 Å². The zero-order valence-corrected chi connectivity index (χ0v) is 25.7. The van der Waals surface area contributed by atoms with Crippen LogP contribution in [-0.4, -0.2) is 80.6 Å². The van der Waals surface area contributed by atoms with Gasteiger partial charge in [0.05, 0.1) is 23.2 Å². The van der Waals surface area contributed by atoms with Crippen LogP contribution in [0.4, 0.5) is 0 Å². The first-order valence-corrected chi connectivity index (χ1v) is 15.4. The molecule has 3 rings (SSSR count). The molecule has 1 N–H and O–H groups in total. The molecule has 0 radical (unpaired) electrons. The van der Waals surface area contributed by atoms with Crippen molar-refractivity contribution in [1.82, 2.24) is 9.80 Å². The lowest BCUT2D eigenvalue weighted by Crippen LogP contribution is -2.61. The number of ether oxygens (including phenoxy) is 1. The van der Waals surface area contributed by atoms with Gasteiger partial charge < -0.3 is 19.6 Å². The number of thioether (sulfide) groups is 1. The molecule has 0 aromatic heterocycles. The van der Waals surface area contributed by atoms with Crippen LogP contribution in [0.3, 0.4) is 0 Å². The summed E-state index contributed by atoms with van der Waals surface area (Å²) in [5.74, 6) is -1.50. The van der Waals surface area contributed by atoms with E-state index in [4.69, 9.17) is 4.74 Å². The number of rotatable bonds is 14. The fourth-order valence-electron chi connectivity index (χ4n) is 7.52. The molecule has 6 atom stereocenters. The molecule has 0 aromatic rings. The van der Waals surface area contributed by atoms with Gasteiger partial charge in [0.2, 0.25) is 11.8 Å². The van der Waals surface area contributed by atoms with Crippen molar-refractivity contribution in [2.45, 2.75) is 102 Å². The number of aliphatic hydroxyl groups is 1. The summed E-state index contributed by atoms with van der Waals surface area (Å²) in [4.78, 5) is 46.1. The Kier molecular flexibility index (Phi) is 10.1. The average Bonchev–Trinajstić information content (AvgIpc) is 3.42. The van der Waals surface area contributed by atoms with Crippen molar-refractivity contribution >= 4 is 29.5 Å². The molecule has 39 heavy (non-hydrogen) atoms. The predicted molar refractivity (Wildman–Crippen MR) is 157 cm³/mol. The zero-order chi connectivity index (χ0) is 29.2. The van der Waals surface area contributed by atoms with Gasteiger partial charge in [0.25, 0.3) is 0 Å². The van der Waals surface area contributed by atoms with Crippen molar-refractivity contribution in [3.05, 3.63) is 25.3 Å². The van der Waals surface area contributed by atoms with Crippen molar-refractivity contribution in [2.75, 3.05) is 26.3 Å². The number of fused-ring (bicyclic) bond motifs is 1. The number of hydrogen-bond donors (Lipinski definition) is 1. The van der Waals surface area contributed by atoms with Gasteiger partial charge in [0.15, 0.2) is 0 Å². The normalized spacial score (nSPS) is 29.9. The Morgan fingerprint density at radius 2 is 1.87 bits per heavy atom. The molecule has 0 saturated carbocycles. The number of esters is 1. The highest BCUT2D eigenvalue weighted by atomic mass is 32.2. The predicted octanol–water partition coefficient (Wildman–Crippen LogP) is 4.83. The quantitative estimate of drug-likeness (QED) is 0.185. The molecule has 3 heterocycles. The average molecular weight is 563 g/mol. The Labute approximate surface area is 239 Å². The Balaban J connectivity index is 2.05. The molecule has 3 aliphatic heterocycles. The van der Waals surface area contributed by atoms with Gasteiger partial charge in [-0.05, 0) is 63.7 Å². The van der Waals surface area contributed by atoms with Crippen molar-refractivity contribution in [1.29, 1.82) is 0 Å². The van der Waals surface area contributed by atoms with E-state index < -0.39 is 28.2 Å². The Morgan fingerprint density at radius 1 is 1.18 bits per heavy atom. The van der Waals surface area contributed by atoms with Gasteiger partial charge in [-0.15, -0.1) is 24.9 Å². The van der Waals surface area contributed by atoms with Crippen molar-refractivity contribution in [3.63, 3.8) is 0 Å². The Hall–Kier alpha value is -1.80. The molecule has 2 amide bonds. The van der Waals surface area contributed by atoms with Gasteiger partial charge in [-0.2, -0.15) is 0 Å². The summed E-state index contributed by atoms with van der Waals surface area (Å²) >= 11 is 1.68. The van der Waals surface area contributed by atoms with Gasteiger partial charge in [-0.1, -0.05) is 39.8 Å². The summed E-state index contributed by atoms with van der Waals surface area (Å²) < 4.78 is 4.94. The van der Waals surface area contributed by atoms with Gasteiger partial charge in [-0.25, -0.2) is 0 Å². The van der Waals surface area contributed by atoms with Crippen molar-refractivity contribution < 1.29 is 24.2 Å². The lowest BCUT2D eigenvalue weighted by atomic mass is 9.66. The molecular weight excluding hydrogens is 512 g/mol. The summed E-state index contributed by atoms with van der Waals surface area (Å²) in [6.07, 6.45) is 7.73. The van der Waals surface area contributed by atoms with E-state index in [1.54, 1.807) is 28.8 Å². The number of carbonyl (C=O) groups excluding carboxylic acids is 3. The third-order valence-electron chi connectivity index (χ3n) is 8.65. The monoisotopic (exact) mass is 562 g/mol. The molecule has 2 bridgehead atoms. The third-order valence-corrected chi connectivity index (χ3v) is 10.7. The molecule has 3 unspecified atom stereocenters. The van der Waals surface area contributed by atoms with Crippen LogP contribution < -0.4 is 0 Å². The highest BCUT2D eigenvalue weighted by molar-refractivity contribution is 8.02. The topological polar surface area (TPSA) is 87.1 Å². The van der Waals surface area contributed by atoms with Crippen LogP contribution in [0.1, 0.15) is 80.1 Å². The summed E-state index contributed by atoms with van der Waals surface area (Å²) in [5, 5.41) is 9.25. The molecule has 0 aliphatic carbocycles. The minimum Gasteiger partial charge on any atom is -0.465 e. The number of likely N-dealkylation sites (tertiary alicyclic amines) is 1. The lowest BCUT2D eigenvalue weighted by Gasteiger charge is -2.46. The minimum absolute atomic E-state index is 0.00631. The molecule has 8 heteroatoms. The van der Waals surface area contributed by atoms with E-state index in [0.29, 0.717) is 32.4 Å². The maximum Gasteiger partial charge on any atom is 0.310 e. The van der Waals surface area contributed by atoms with E-state index in [-0.39, 0.29) is 47.6 Å². The number of carbonyl (C=O) groups is 3. The van der Waals surface area contributed by atoms with E-state index in [9.17, 15) is 19.5 Å². The van der Waals surface area contributed by atoms with Gasteiger partial charge in [0.1, 0.15) is 6.04 Å². The van der Waals surface area contributed by atoms with E-state index in [1.807, 2.05) is 4.90 Å². The zero-order valence-electron chi connectivity index (χ0n) is 24.9. The third kappa shape index (κ3) is 6.12. The smallest absolute Gasteiger partial charge is 0.310 e. The van der Waals surface area contributed by atoms with Gasteiger partial charge in [0, 0.05) is 30.5 Å². The van der Waals surface area contributed by atoms with E-state index in [0.717, 1.165) is 19.3 Å². The van der Waals surface area contributed by atoms with Gasteiger partial charge >= 0.3 is 5.97 Å². The first-order chi connectivity index (χ1) is 18.3. The number of unbranched alkanes of at least 4 members (excludes halogenated alkanes) is 2. The fraction of sp³-hybridized carbons (Fsp3) is 0.774. The fourth-order valence-corrected chi connectivity index (χ4v) is 9.93. The molecule has 0 aromatic carbocycles. The van der Waals surface area contributed by atoms with Crippen LogP contribution in [0.2, 0.25) is 0 Å².